The summed E-state index contributed by atoms with van der Waals surface area (Å²) in [6.45, 7) is 0. The fourth-order valence-corrected chi connectivity index (χ4v) is 2.30. The van der Waals surface area contributed by atoms with Crippen LogP contribution in [0.15, 0.2) is 62.2 Å². The van der Waals surface area contributed by atoms with Crippen LogP contribution < -0.4 is 15.3 Å². The van der Waals surface area contributed by atoms with E-state index in [0.29, 0.717) is 34.1 Å². The lowest BCUT2D eigenvalue weighted by atomic mass is 10.1. The second kappa shape index (κ2) is 5.81. The van der Waals surface area contributed by atoms with Crippen molar-refractivity contribution in [3.8, 4) is 34.1 Å². The number of rotatable bonds is 4. The fourth-order valence-electron chi connectivity index (χ4n) is 2.30. The Balaban J connectivity index is 2.25. The number of hydrogen-bond acceptors (Lipinski definition) is 5. The second-order valence-corrected chi connectivity index (χ2v) is 4.51. The molecule has 0 unspecified atom stereocenters. The van der Waals surface area contributed by atoms with Crippen molar-refractivity contribution in [2.24, 2.45) is 0 Å². The van der Waals surface area contributed by atoms with Crippen molar-refractivity contribution in [2.45, 2.75) is 0 Å². The van der Waals surface area contributed by atoms with E-state index in [-0.39, 0.29) is 0 Å². The molecule has 2 aromatic carbocycles. The van der Waals surface area contributed by atoms with Crippen LogP contribution >= 0.6 is 0 Å². The van der Waals surface area contributed by atoms with Gasteiger partial charge < -0.3 is 18.3 Å². The normalized spacial score (nSPS) is 10.5. The van der Waals surface area contributed by atoms with Crippen LogP contribution in [0, 0.1) is 0 Å². The minimum Gasteiger partial charge on any atom is -0.496 e. The maximum atomic E-state index is 11.6. The molecular formula is C17H14O5. The number of hydrogen-bond donors (Lipinski definition) is 0. The van der Waals surface area contributed by atoms with Crippen LogP contribution in [0.1, 0.15) is 0 Å². The molecule has 22 heavy (non-hydrogen) atoms. The molecular weight excluding hydrogens is 284 g/mol. The Kier molecular flexibility index (Phi) is 3.70. The van der Waals surface area contributed by atoms with Crippen molar-refractivity contribution < 1.29 is 18.3 Å². The van der Waals surface area contributed by atoms with Crippen LogP contribution in [0.25, 0.3) is 22.6 Å². The summed E-state index contributed by atoms with van der Waals surface area (Å²) in [5, 5.41) is 0. The summed E-state index contributed by atoms with van der Waals surface area (Å²) >= 11 is 0. The monoisotopic (exact) mass is 298 g/mol. The van der Waals surface area contributed by atoms with Gasteiger partial charge in [-0.25, -0.2) is 4.79 Å². The van der Waals surface area contributed by atoms with Crippen LogP contribution in [-0.4, -0.2) is 14.2 Å². The molecule has 0 aliphatic heterocycles. The van der Waals surface area contributed by atoms with Gasteiger partial charge in [0.05, 0.1) is 25.3 Å². The molecule has 5 nitrogen and oxygen atoms in total. The summed E-state index contributed by atoms with van der Waals surface area (Å²) in [7, 11) is 3.11. The summed E-state index contributed by atoms with van der Waals surface area (Å²) < 4.78 is 21.1. The lowest BCUT2D eigenvalue weighted by Gasteiger charge is -2.08. The zero-order valence-electron chi connectivity index (χ0n) is 12.2. The number of methoxy groups -OCH3 is 2. The van der Waals surface area contributed by atoms with Crippen molar-refractivity contribution in [1.82, 2.24) is 0 Å². The highest BCUT2D eigenvalue weighted by Crippen LogP contribution is 2.39. The van der Waals surface area contributed by atoms with Gasteiger partial charge >= 0.3 is 5.82 Å². The zero-order chi connectivity index (χ0) is 15.5. The first-order valence-corrected chi connectivity index (χ1v) is 6.65. The number of para-hydroxylation sites is 2. The van der Waals surface area contributed by atoms with Gasteiger partial charge in [0.2, 0.25) is 0 Å². The number of ether oxygens (including phenoxy) is 2. The first-order chi connectivity index (χ1) is 10.7. The van der Waals surface area contributed by atoms with Crippen molar-refractivity contribution in [2.75, 3.05) is 14.2 Å². The van der Waals surface area contributed by atoms with Crippen LogP contribution in [0.2, 0.25) is 0 Å². The standard InChI is InChI=1S/C17H14O5/c1-19-13-9-5-3-7-11(13)15-16(22-17(18)21-15)12-8-4-6-10-14(12)20-2/h3-10H,1-2H3. The van der Waals surface area contributed by atoms with Gasteiger partial charge in [-0.05, 0) is 24.3 Å². The fraction of sp³-hybridized carbons (Fsp3) is 0.118. The molecule has 3 aromatic rings. The first kappa shape index (κ1) is 14.0. The third-order valence-electron chi connectivity index (χ3n) is 3.28. The molecule has 0 amide bonds. The van der Waals surface area contributed by atoms with Crippen LogP contribution in [-0.2, 0) is 0 Å². The Bertz CT molecular complexity index is 776. The smallest absolute Gasteiger partial charge is 0.496 e. The maximum absolute atomic E-state index is 11.6. The minimum absolute atomic E-state index is 0.312. The lowest BCUT2D eigenvalue weighted by Crippen LogP contribution is -1.90. The van der Waals surface area contributed by atoms with Crippen molar-refractivity contribution >= 4 is 0 Å². The van der Waals surface area contributed by atoms with E-state index in [2.05, 4.69) is 0 Å². The van der Waals surface area contributed by atoms with Gasteiger partial charge in [0, 0.05) is 0 Å². The molecule has 0 aliphatic carbocycles. The molecule has 0 N–H and O–H groups in total. The zero-order valence-corrected chi connectivity index (χ0v) is 12.2. The van der Waals surface area contributed by atoms with Gasteiger partial charge in [0.25, 0.3) is 0 Å². The van der Waals surface area contributed by atoms with Gasteiger partial charge in [0.15, 0.2) is 11.5 Å². The van der Waals surface area contributed by atoms with E-state index in [1.165, 1.54) is 0 Å². The Hall–Kier alpha value is -2.95. The van der Waals surface area contributed by atoms with Crippen molar-refractivity contribution in [3.63, 3.8) is 0 Å². The molecule has 3 rings (SSSR count). The molecule has 1 aromatic heterocycles. The van der Waals surface area contributed by atoms with E-state index in [1.807, 2.05) is 24.3 Å². The molecule has 0 saturated heterocycles. The molecule has 112 valence electrons. The average molecular weight is 298 g/mol. The maximum Gasteiger partial charge on any atom is 0.519 e. The highest BCUT2D eigenvalue weighted by molar-refractivity contribution is 5.81. The third-order valence-corrected chi connectivity index (χ3v) is 3.28. The van der Waals surface area contributed by atoms with Crippen LogP contribution in [0.4, 0.5) is 0 Å². The Morgan fingerprint density at radius 1 is 0.727 bits per heavy atom. The van der Waals surface area contributed by atoms with Gasteiger partial charge in [-0.1, -0.05) is 24.3 Å². The highest BCUT2D eigenvalue weighted by atomic mass is 16.6. The Labute approximate surface area is 126 Å². The third kappa shape index (κ3) is 2.37. The highest BCUT2D eigenvalue weighted by Gasteiger charge is 2.22. The van der Waals surface area contributed by atoms with E-state index in [4.69, 9.17) is 18.3 Å². The van der Waals surface area contributed by atoms with Crippen molar-refractivity contribution in [1.29, 1.82) is 0 Å². The topological polar surface area (TPSA) is 61.8 Å². The van der Waals surface area contributed by atoms with E-state index < -0.39 is 5.82 Å². The first-order valence-electron chi connectivity index (χ1n) is 6.65. The molecule has 0 saturated carbocycles. The SMILES string of the molecule is COc1ccccc1-c1oc(=O)oc1-c1ccccc1OC. The van der Waals surface area contributed by atoms with Gasteiger partial charge in [-0.15, -0.1) is 0 Å². The summed E-state index contributed by atoms with van der Waals surface area (Å²) in [6.07, 6.45) is 0. The van der Waals surface area contributed by atoms with Crippen LogP contribution in [0.5, 0.6) is 11.5 Å². The molecule has 1 heterocycles. The van der Waals surface area contributed by atoms with Gasteiger partial charge in [-0.3, -0.25) is 0 Å². The van der Waals surface area contributed by atoms with E-state index >= 15 is 0 Å². The molecule has 0 aliphatic rings. The summed E-state index contributed by atoms with van der Waals surface area (Å²) in [5.41, 5.74) is 1.27. The summed E-state index contributed by atoms with van der Waals surface area (Å²) in [5.74, 6) is 1.02. The lowest BCUT2D eigenvalue weighted by molar-refractivity contribution is 0.388. The summed E-state index contributed by atoms with van der Waals surface area (Å²) in [6, 6.07) is 14.5. The average Bonchev–Trinajstić information content (AvgIpc) is 2.96. The number of benzene rings is 2. The van der Waals surface area contributed by atoms with Crippen molar-refractivity contribution in [3.05, 3.63) is 59.1 Å². The molecule has 0 bridgehead atoms. The largest absolute Gasteiger partial charge is 0.519 e. The van der Waals surface area contributed by atoms with Gasteiger partial charge in [-0.2, -0.15) is 0 Å². The molecule has 5 heteroatoms. The predicted molar refractivity (Wildman–Crippen MR) is 81.2 cm³/mol. The second-order valence-electron chi connectivity index (χ2n) is 4.51. The van der Waals surface area contributed by atoms with E-state index in [0.717, 1.165) is 0 Å². The van der Waals surface area contributed by atoms with E-state index in [9.17, 15) is 4.79 Å². The molecule has 0 radical (unpaired) electrons. The predicted octanol–water partition coefficient (Wildman–Crippen LogP) is 3.58. The summed E-state index contributed by atoms with van der Waals surface area (Å²) in [4.78, 5) is 11.6. The van der Waals surface area contributed by atoms with Crippen LogP contribution in [0.3, 0.4) is 0 Å². The Morgan fingerprint density at radius 3 is 1.55 bits per heavy atom. The Morgan fingerprint density at radius 2 is 1.14 bits per heavy atom. The van der Waals surface area contributed by atoms with E-state index in [1.54, 1.807) is 38.5 Å². The molecule has 0 atom stereocenters. The quantitative estimate of drug-likeness (QED) is 0.736. The minimum atomic E-state index is -0.776. The molecule has 0 fully saturated rings. The van der Waals surface area contributed by atoms with Gasteiger partial charge in [0.1, 0.15) is 11.5 Å². The molecule has 0 spiro atoms.